The van der Waals surface area contributed by atoms with Gasteiger partial charge in [-0.1, -0.05) is 30.7 Å². The van der Waals surface area contributed by atoms with E-state index in [0.717, 1.165) is 49.0 Å². The van der Waals surface area contributed by atoms with Crippen molar-refractivity contribution in [3.05, 3.63) is 77.1 Å². The van der Waals surface area contributed by atoms with Crippen LogP contribution >= 0.6 is 0 Å². The highest BCUT2D eigenvalue weighted by Gasteiger charge is 2.25. The number of aromatic nitrogens is 2. The number of carbonyl (C=O) groups excluding carboxylic acids is 2. The van der Waals surface area contributed by atoms with Crippen molar-refractivity contribution in [3.63, 3.8) is 0 Å². The van der Waals surface area contributed by atoms with E-state index in [1.807, 2.05) is 54.9 Å². The maximum Gasteiger partial charge on any atom is 0.276 e. The number of hydrogen-bond acceptors (Lipinski definition) is 3. The molecule has 0 fully saturated rings. The molecule has 2 amide bonds. The molecule has 166 valence electrons. The molecule has 32 heavy (non-hydrogen) atoms. The van der Waals surface area contributed by atoms with Crippen molar-refractivity contribution in [2.45, 2.75) is 46.0 Å². The minimum atomic E-state index is -0.231. The van der Waals surface area contributed by atoms with Crippen LogP contribution in [0.15, 0.2) is 54.6 Å². The Bertz CT molecular complexity index is 1100. The van der Waals surface area contributed by atoms with Gasteiger partial charge in [-0.05, 0) is 69.9 Å². The zero-order chi connectivity index (χ0) is 22.5. The molecule has 1 aliphatic rings. The van der Waals surface area contributed by atoms with Gasteiger partial charge >= 0.3 is 0 Å². The van der Waals surface area contributed by atoms with Gasteiger partial charge in [0.05, 0.1) is 5.69 Å². The van der Waals surface area contributed by atoms with Crippen LogP contribution in [0.1, 0.15) is 65.2 Å². The van der Waals surface area contributed by atoms with Crippen molar-refractivity contribution in [1.29, 1.82) is 0 Å². The van der Waals surface area contributed by atoms with Crippen LogP contribution in [0.4, 0.5) is 5.69 Å². The molecule has 0 aliphatic heterocycles. The number of anilines is 1. The third-order valence-corrected chi connectivity index (χ3v) is 6.06. The highest BCUT2D eigenvalue weighted by molar-refractivity contribution is 6.05. The Kier molecular flexibility index (Phi) is 6.69. The molecule has 0 unspecified atom stereocenters. The van der Waals surface area contributed by atoms with E-state index in [9.17, 15) is 9.59 Å². The summed E-state index contributed by atoms with van der Waals surface area (Å²) in [7, 11) is 0. The summed E-state index contributed by atoms with van der Waals surface area (Å²) in [5, 5.41) is 7.72. The van der Waals surface area contributed by atoms with Crippen molar-refractivity contribution < 1.29 is 9.59 Å². The molecule has 2 aromatic carbocycles. The van der Waals surface area contributed by atoms with Crippen LogP contribution in [0.3, 0.4) is 0 Å². The van der Waals surface area contributed by atoms with Gasteiger partial charge in [0.2, 0.25) is 0 Å². The van der Waals surface area contributed by atoms with Gasteiger partial charge in [0.1, 0.15) is 0 Å². The molecule has 0 bridgehead atoms. The molecule has 0 radical (unpaired) electrons. The average molecular weight is 431 g/mol. The second-order valence-electron chi connectivity index (χ2n) is 8.09. The van der Waals surface area contributed by atoms with E-state index >= 15 is 0 Å². The normalized spacial score (nSPS) is 13.2. The largest absolute Gasteiger partial charge is 0.339 e. The van der Waals surface area contributed by atoms with Gasteiger partial charge in [-0.3, -0.25) is 9.59 Å². The van der Waals surface area contributed by atoms with Crippen LogP contribution in [0, 0.1) is 0 Å². The van der Waals surface area contributed by atoms with E-state index in [2.05, 4.69) is 5.32 Å². The fourth-order valence-corrected chi connectivity index (χ4v) is 4.35. The predicted molar refractivity (Wildman–Crippen MR) is 126 cm³/mol. The van der Waals surface area contributed by atoms with Gasteiger partial charge in [0, 0.05) is 35.6 Å². The molecule has 0 atom stereocenters. The Hall–Kier alpha value is -3.41. The van der Waals surface area contributed by atoms with Crippen LogP contribution in [-0.2, 0) is 12.8 Å². The van der Waals surface area contributed by atoms with Crippen molar-refractivity contribution in [2.24, 2.45) is 0 Å². The lowest BCUT2D eigenvalue weighted by molar-refractivity contribution is 0.0772. The second kappa shape index (κ2) is 9.81. The lowest BCUT2D eigenvalue weighted by Crippen LogP contribution is -2.30. The molecule has 1 aliphatic carbocycles. The third kappa shape index (κ3) is 4.44. The molecule has 1 aromatic heterocycles. The van der Waals surface area contributed by atoms with Gasteiger partial charge < -0.3 is 10.2 Å². The first-order valence-electron chi connectivity index (χ1n) is 11.5. The first-order valence-corrected chi connectivity index (χ1v) is 11.5. The van der Waals surface area contributed by atoms with Gasteiger partial charge in [-0.2, -0.15) is 5.10 Å². The Balaban J connectivity index is 1.64. The molecule has 0 spiro atoms. The minimum absolute atomic E-state index is 0.0340. The van der Waals surface area contributed by atoms with Crippen molar-refractivity contribution in [2.75, 3.05) is 18.4 Å². The van der Waals surface area contributed by atoms with Crippen molar-refractivity contribution in [1.82, 2.24) is 14.7 Å². The third-order valence-electron chi connectivity index (χ3n) is 6.06. The Morgan fingerprint density at radius 1 is 0.969 bits per heavy atom. The van der Waals surface area contributed by atoms with Crippen molar-refractivity contribution >= 4 is 17.5 Å². The molecule has 0 saturated heterocycles. The van der Waals surface area contributed by atoms with E-state index in [-0.39, 0.29) is 11.8 Å². The van der Waals surface area contributed by atoms with Crippen LogP contribution in [0.2, 0.25) is 0 Å². The number of amides is 2. The lowest BCUT2D eigenvalue weighted by atomic mass is 10.1. The molecular formula is C26H30N4O2. The fourth-order valence-electron chi connectivity index (χ4n) is 4.35. The summed E-state index contributed by atoms with van der Waals surface area (Å²) in [5.41, 5.74) is 4.79. The standard InChI is InChI=1S/C26H30N4O2/c1-3-29(4-2)26(32)19-12-11-13-20(18-19)27-25(31)24-22-16-9-6-10-17-23(22)30(28-24)21-14-7-5-8-15-21/h5,7-8,11-15,18H,3-4,6,9-10,16-17H2,1-2H3,(H,27,31). The summed E-state index contributed by atoms with van der Waals surface area (Å²) in [6.07, 6.45) is 5.08. The molecule has 6 heteroatoms. The van der Waals surface area contributed by atoms with E-state index in [4.69, 9.17) is 5.10 Å². The van der Waals surface area contributed by atoms with Crippen LogP contribution in [0.5, 0.6) is 0 Å². The van der Waals surface area contributed by atoms with Crippen molar-refractivity contribution in [3.8, 4) is 5.69 Å². The molecule has 3 aromatic rings. The minimum Gasteiger partial charge on any atom is -0.339 e. The number of fused-ring (bicyclic) bond motifs is 1. The van der Waals surface area contributed by atoms with E-state index in [1.165, 1.54) is 0 Å². The number of benzene rings is 2. The zero-order valence-electron chi connectivity index (χ0n) is 18.8. The number of rotatable bonds is 6. The number of nitrogens with one attached hydrogen (secondary N) is 1. The monoisotopic (exact) mass is 430 g/mol. The summed E-state index contributed by atoms with van der Waals surface area (Å²) in [5.74, 6) is -0.265. The molecule has 0 saturated carbocycles. The summed E-state index contributed by atoms with van der Waals surface area (Å²) in [6, 6.07) is 17.1. The summed E-state index contributed by atoms with van der Waals surface area (Å²) >= 11 is 0. The molecule has 4 rings (SSSR count). The number of nitrogens with zero attached hydrogens (tertiary/aromatic N) is 3. The fraction of sp³-hybridized carbons (Fsp3) is 0.346. The molecule has 1 heterocycles. The number of hydrogen-bond donors (Lipinski definition) is 1. The molecule has 1 N–H and O–H groups in total. The van der Waals surface area contributed by atoms with Gasteiger partial charge in [0.15, 0.2) is 5.69 Å². The summed E-state index contributed by atoms with van der Waals surface area (Å²) < 4.78 is 1.93. The summed E-state index contributed by atoms with van der Waals surface area (Å²) in [6.45, 7) is 5.22. The SMILES string of the molecule is CCN(CC)C(=O)c1cccc(NC(=O)c2nn(-c3ccccc3)c3c2CCCCC3)c1. The first-order chi connectivity index (χ1) is 15.6. The number of carbonyl (C=O) groups is 2. The first kappa shape index (κ1) is 21.8. The number of para-hydroxylation sites is 1. The quantitative estimate of drug-likeness (QED) is 0.567. The zero-order valence-corrected chi connectivity index (χ0v) is 18.8. The average Bonchev–Trinajstić information content (AvgIpc) is 3.01. The Labute approximate surface area is 189 Å². The highest BCUT2D eigenvalue weighted by Crippen LogP contribution is 2.27. The van der Waals surface area contributed by atoms with Crippen LogP contribution in [0.25, 0.3) is 5.69 Å². The van der Waals surface area contributed by atoms with Crippen LogP contribution in [-0.4, -0.2) is 39.6 Å². The Morgan fingerprint density at radius 2 is 1.72 bits per heavy atom. The second-order valence-corrected chi connectivity index (χ2v) is 8.09. The van der Waals surface area contributed by atoms with E-state index < -0.39 is 0 Å². The van der Waals surface area contributed by atoms with E-state index in [1.54, 1.807) is 23.1 Å². The topological polar surface area (TPSA) is 67.2 Å². The maximum atomic E-state index is 13.3. The maximum absolute atomic E-state index is 13.3. The Morgan fingerprint density at radius 3 is 2.47 bits per heavy atom. The van der Waals surface area contributed by atoms with Crippen LogP contribution < -0.4 is 5.32 Å². The lowest BCUT2D eigenvalue weighted by Gasteiger charge is -2.19. The smallest absolute Gasteiger partial charge is 0.276 e. The van der Waals surface area contributed by atoms with Gasteiger partial charge in [-0.15, -0.1) is 0 Å². The molecular weight excluding hydrogens is 400 g/mol. The predicted octanol–water partition coefficient (Wildman–Crippen LogP) is 4.88. The van der Waals surface area contributed by atoms with E-state index in [0.29, 0.717) is 30.0 Å². The van der Waals surface area contributed by atoms with Gasteiger partial charge in [-0.25, -0.2) is 4.68 Å². The summed E-state index contributed by atoms with van der Waals surface area (Å²) in [4.78, 5) is 27.8. The van der Waals surface area contributed by atoms with Gasteiger partial charge in [0.25, 0.3) is 11.8 Å². The highest BCUT2D eigenvalue weighted by atomic mass is 16.2. The molecule has 6 nitrogen and oxygen atoms in total.